The molecule has 0 bridgehead atoms. The molecule has 5 heteroatoms. The summed E-state index contributed by atoms with van der Waals surface area (Å²) in [6.45, 7) is 2.32. The first-order valence-corrected chi connectivity index (χ1v) is 5.73. The predicted molar refractivity (Wildman–Crippen MR) is 62.7 cm³/mol. The highest BCUT2D eigenvalue weighted by Gasteiger charge is 2.20. The third-order valence-corrected chi connectivity index (χ3v) is 3.21. The number of halogens is 3. The molecule has 0 aliphatic heterocycles. The summed E-state index contributed by atoms with van der Waals surface area (Å²) in [4.78, 5) is 0. The van der Waals surface area contributed by atoms with Crippen LogP contribution in [0.2, 0.25) is 0 Å². The maximum Gasteiger partial charge on any atom is 0.182 e. The van der Waals surface area contributed by atoms with E-state index in [4.69, 9.17) is 10.5 Å². The first-order chi connectivity index (χ1) is 7.52. The quantitative estimate of drug-likeness (QED) is 0.866. The van der Waals surface area contributed by atoms with Crippen LogP contribution in [0.25, 0.3) is 0 Å². The summed E-state index contributed by atoms with van der Waals surface area (Å²) in [7, 11) is 1.36. The number of rotatable bonds is 4. The number of hydrogen-bond acceptors (Lipinski definition) is 2. The van der Waals surface area contributed by atoms with E-state index in [0.29, 0.717) is 18.5 Å². The minimum atomic E-state index is -0.707. The largest absolute Gasteiger partial charge is 0.493 e. The molecule has 90 valence electrons. The second-order valence-corrected chi connectivity index (χ2v) is 4.38. The minimum Gasteiger partial charge on any atom is -0.493 e. The Morgan fingerprint density at radius 2 is 2.12 bits per heavy atom. The maximum absolute atomic E-state index is 13.7. The molecule has 1 unspecified atom stereocenters. The van der Waals surface area contributed by atoms with Crippen LogP contribution in [0.15, 0.2) is 10.5 Å². The van der Waals surface area contributed by atoms with E-state index in [1.165, 1.54) is 13.2 Å². The average molecular weight is 294 g/mol. The van der Waals surface area contributed by atoms with Gasteiger partial charge in [-0.25, -0.2) is 8.78 Å². The lowest BCUT2D eigenvalue weighted by Crippen LogP contribution is -2.07. The third-order valence-electron chi connectivity index (χ3n) is 2.48. The van der Waals surface area contributed by atoms with Gasteiger partial charge in [-0.05, 0) is 40.9 Å². The van der Waals surface area contributed by atoms with Crippen LogP contribution in [-0.4, -0.2) is 13.7 Å². The first kappa shape index (κ1) is 13.4. The Labute approximate surface area is 102 Å². The molecule has 0 aromatic heterocycles. The number of benzene rings is 1. The smallest absolute Gasteiger partial charge is 0.182 e. The van der Waals surface area contributed by atoms with Crippen LogP contribution in [0.3, 0.4) is 0 Å². The van der Waals surface area contributed by atoms with Gasteiger partial charge < -0.3 is 10.5 Å². The Hall–Kier alpha value is -0.680. The van der Waals surface area contributed by atoms with Crippen LogP contribution in [-0.2, 0) is 0 Å². The highest BCUT2D eigenvalue weighted by Crippen LogP contribution is 2.36. The van der Waals surface area contributed by atoms with E-state index in [9.17, 15) is 8.78 Å². The highest BCUT2D eigenvalue weighted by atomic mass is 79.9. The first-order valence-electron chi connectivity index (χ1n) is 4.94. The van der Waals surface area contributed by atoms with E-state index in [-0.39, 0.29) is 16.1 Å². The Balaban J connectivity index is 3.27. The molecule has 0 fully saturated rings. The van der Waals surface area contributed by atoms with Gasteiger partial charge in [0.05, 0.1) is 11.6 Å². The van der Waals surface area contributed by atoms with Crippen molar-refractivity contribution in [3.05, 3.63) is 27.7 Å². The van der Waals surface area contributed by atoms with Crippen LogP contribution in [0.4, 0.5) is 8.78 Å². The van der Waals surface area contributed by atoms with Crippen LogP contribution >= 0.6 is 15.9 Å². The molecule has 0 radical (unpaired) electrons. The summed E-state index contributed by atoms with van der Waals surface area (Å²) in [5.74, 6) is -1.30. The van der Waals surface area contributed by atoms with Crippen molar-refractivity contribution in [2.24, 2.45) is 5.73 Å². The Kier molecular flexibility index (Phi) is 4.68. The molecule has 1 aromatic carbocycles. The van der Waals surface area contributed by atoms with E-state index in [1.54, 1.807) is 0 Å². The monoisotopic (exact) mass is 293 g/mol. The molecule has 0 aliphatic rings. The van der Waals surface area contributed by atoms with Gasteiger partial charge in [-0.15, -0.1) is 0 Å². The van der Waals surface area contributed by atoms with E-state index >= 15 is 0 Å². The lowest BCUT2D eigenvalue weighted by atomic mass is 9.96. The molecule has 16 heavy (non-hydrogen) atoms. The van der Waals surface area contributed by atoms with Gasteiger partial charge in [0.1, 0.15) is 5.82 Å². The van der Waals surface area contributed by atoms with Gasteiger partial charge >= 0.3 is 0 Å². The summed E-state index contributed by atoms with van der Waals surface area (Å²) in [6.07, 6.45) is 0.650. The number of nitrogens with two attached hydrogens (primary N) is 1. The SMILES string of the molecule is COc1c(C(C)CCN)cc(F)c(Br)c1F. The van der Waals surface area contributed by atoms with Crippen molar-refractivity contribution in [3.63, 3.8) is 0 Å². The van der Waals surface area contributed by atoms with Crippen LogP contribution in [0, 0.1) is 11.6 Å². The molecule has 0 aliphatic carbocycles. The maximum atomic E-state index is 13.7. The topological polar surface area (TPSA) is 35.2 Å². The zero-order chi connectivity index (χ0) is 12.3. The van der Waals surface area contributed by atoms with Crippen LogP contribution in [0.1, 0.15) is 24.8 Å². The molecule has 1 rings (SSSR count). The Morgan fingerprint density at radius 3 is 2.62 bits per heavy atom. The number of hydrogen-bond donors (Lipinski definition) is 1. The Morgan fingerprint density at radius 1 is 1.50 bits per heavy atom. The van der Waals surface area contributed by atoms with Crippen molar-refractivity contribution in [1.29, 1.82) is 0 Å². The van der Waals surface area contributed by atoms with E-state index < -0.39 is 11.6 Å². The van der Waals surface area contributed by atoms with Gasteiger partial charge in [-0.2, -0.15) is 0 Å². The minimum absolute atomic E-state index is 0.0444. The molecule has 0 saturated heterocycles. The van der Waals surface area contributed by atoms with Crippen molar-refractivity contribution in [3.8, 4) is 5.75 Å². The molecule has 2 N–H and O–H groups in total. The number of ether oxygens (including phenoxy) is 1. The van der Waals surface area contributed by atoms with Crippen LogP contribution < -0.4 is 10.5 Å². The molecular formula is C11H14BrF2NO. The Bertz CT molecular complexity index is 385. The predicted octanol–water partition coefficient (Wildman–Crippen LogP) is 3.19. The molecule has 1 atom stereocenters. The van der Waals surface area contributed by atoms with Crippen molar-refractivity contribution >= 4 is 15.9 Å². The molecule has 0 spiro atoms. The van der Waals surface area contributed by atoms with Crippen molar-refractivity contribution in [2.75, 3.05) is 13.7 Å². The van der Waals surface area contributed by atoms with Crippen molar-refractivity contribution in [1.82, 2.24) is 0 Å². The molecule has 1 aromatic rings. The van der Waals surface area contributed by atoms with Crippen molar-refractivity contribution < 1.29 is 13.5 Å². The fraction of sp³-hybridized carbons (Fsp3) is 0.455. The summed E-state index contributed by atoms with van der Waals surface area (Å²) in [5.41, 5.74) is 5.93. The number of methoxy groups -OCH3 is 1. The normalized spacial score (nSPS) is 12.6. The van der Waals surface area contributed by atoms with E-state index in [2.05, 4.69) is 15.9 Å². The van der Waals surface area contributed by atoms with Gasteiger partial charge in [0, 0.05) is 5.56 Å². The summed E-state index contributed by atoms with van der Waals surface area (Å²) in [5, 5.41) is 0. The highest BCUT2D eigenvalue weighted by molar-refractivity contribution is 9.10. The van der Waals surface area contributed by atoms with Crippen LogP contribution in [0.5, 0.6) is 5.75 Å². The standard InChI is InChI=1S/C11H14BrF2NO/c1-6(3-4-15)7-5-8(13)9(12)10(14)11(7)16-2/h5-6H,3-4,15H2,1-2H3. The fourth-order valence-corrected chi connectivity index (χ4v) is 1.87. The molecular weight excluding hydrogens is 280 g/mol. The second-order valence-electron chi connectivity index (χ2n) is 3.59. The van der Waals surface area contributed by atoms with E-state index in [1.807, 2.05) is 6.92 Å². The van der Waals surface area contributed by atoms with E-state index in [0.717, 1.165) is 0 Å². The lowest BCUT2D eigenvalue weighted by Gasteiger charge is -2.16. The fourth-order valence-electron chi connectivity index (χ4n) is 1.58. The lowest BCUT2D eigenvalue weighted by molar-refractivity contribution is 0.373. The molecule has 0 amide bonds. The molecule has 2 nitrogen and oxygen atoms in total. The van der Waals surface area contributed by atoms with Gasteiger partial charge in [0.25, 0.3) is 0 Å². The average Bonchev–Trinajstić information content (AvgIpc) is 2.26. The zero-order valence-electron chi connectivity index (χ0n) is 9.19. The van der Waals surface area contributed by atoms with Gasteiger partial charge in [0.15, 0.2) is 11.6 Å². The summed E-state index contributed by atoms with van der Waals surface area (Å²) >= 11 is 2.84. The molecule has 0 saturated carbocycles. The summed E-state index contributed by atoms with van der Waals surface area (Å²) in [6, 6.07) is 1.28. The summed E-state index contributed by atoms with van der Waals surface area (Å²) < 4.78 is 31.8. The zero-order valence-corrected chi connectivity index (χ0v) is 10.8. The third kappa shape index (κ3) is 2.52. The second kappa shape index (κ2) is 5.59. The van der Waals surface area contributed by atoms with Gasteiger partial charge in [0.2, 0.25) is 0 Å². The molecule has 0 heterocycles. The van der Waals surface area contributed by atoms with Gasteiger partial charge in [-0.1, -0.05) is 6.92 Å². The van der Waals surface area contributed by atoms with Gasteiger partial charge in [-0.3, -0.25) is 0 Å². The van der Waals surface area contributed by atoms with Crippen molar-refractivity contribution in [2.45, 2.75) is 19.3 Å².